The van der Waals surface area contributed by atoms with Crippen LogP contribution in [-0.2, 0) is 11.3 Å². The largest absolute Gasteiger partial charge is 0.384 e. The third-order valence-electron chi connectivity index (χ3n) is 3.24. The first kappa shape index (κ1) is 15.6. The predicted octanol–water partition coefficient (Wildman–Crippen LogP) is 3.88. The summed E-state index contributed by atoms with van der Waals surface area (Å²) < 4.78 is 1.02. The van der Waals surface area contributed by atoms with Crippen LogP contribution in [0.3, 0.4) is 0 Å². The molecule has 1 amide bonds. The van der Waals surface area contributed by atoms with Crippen LogP contribution < -0.4 is 10.6 Å². The van der Waals surface area contributed by atoms with Gasteiger partial charge in [-0.3, -0.25) is 4.79 Å². The molecule has 3 nitrogen and oxygen atoms in total. The molecular formula is C17H19BrN2O. The van der Waals surface area contributed by atoms with Gasteiger partial charge >= 0.3 is 0 Å². The van der Waals surface area contributed by atoms with Crippen LogP contribution in [0.5, 0.6) is 0 Å². The van der Waals surface area contributed by atoms with Crippen molar-refractivity contribution in [1.82, 2.24) is 5.32 Å². The maximum absolute atomic E-state index is 11.8. The molecule has 0 bridgehead atoms. The molecule has 0 heterocycles. The maximum Gasteiger partial charge on any atom is 0.222 e. The summed E-state index contributed by atoms with van der Waals surface area (Å²) in [6.07, 6.45) is 0.457. The number of carbonyl (C=O) groups excluding carboxylic acids is 1. The van der Waals surface area contributed by atoms with Crippen molar-refractivity contribution in [2.75, 3.05) is 11.9 Å². The second kappa shape index (κ2) is 7.84. The first-order valence-electron chi connectivity index (χ1n) is 6.96. The summed E-state index contributed by atoms with van der Waals surface area (Å²) in [6.45, 7) is 3.26. The molecule has 2 aromatic carbocycles. The van der Waals surface area contributed by atoms with Gasteiger partial charge in [0.2, 0.25) is 5.91 Å². The topological polar surface area (TPSA) is 41.1 Å². The second-order valence-electron chi connectivity index (χ2n) is 4.89. The van der Waals surface area contributed by atoms with Crippen molar-refractivity contribution in [2.24, 2.45) is 0 Å². The normalized spacial score (nSPS) is 10.2. The minimum absolute atomic E-state index is 0.0562. The highest BCUT2D eigenvalue weighted by Gasteiger charge is 2.03. The molecule has 0 aliphatic rings. The van der Waals surface area contributed by atoms with Gasteiger partial charge in [0.25, 0.3) is 0 Å². The van der Waals surface area contributed by atoms with Gasteiger partial charge in [0.05, 0.1) is 0 Å². The van der Waals surface area contributed by atoms with Gasteiger partial charge in [-0.25, -0.2) is 0 Å². The Bertz CT molecular complexity index is 613. The van der Waals surface area contributed by atoms with E-state index >= 15 is 0 Å². The molecule has 4 heteroatoms. The van der Waals surface area contributed by atoms with Crippen LogP contribution in [0.25, 0.3) is 0 Å². The molecule has 0 fully saturated rings. The van der Waals surface area contributed by atoms with E-state index in [9.17, 15) is 4.79 Å². The van der Waals surface area contributed by atoms with Gasteiger partial charge in [-0.05, 0) is 36.2 Å². The number of halogens is 1. The van der Waals surface area contributed by atoms with Crippen molar-refractivity contribution in [3.05, 3.63) is 64.1 Å². The third kappa shape index (κ3) is 5.23. The van der Waals surface area contributed by atoms with E-state index in [0.29, 0.717) is 19.5 Å². The van der Waals surface area contributed by atoms with Crippen molar-refractivity contribution in [2.45, 2.75) is 19.9 Å². The van der Waals surface area contributed by atoms with Gasteiger partial charge in [0.15, 0.2) is 0 Å². The smallest absolute Gasteiger partial charge is 0.222 e. The highest BCUT2D eigenvalue weighted by atomic mass is 79.9. The number of rotatable bonds is 6. The Kier molecular flexibility index (Phi) is 5.81. The number of carbonyl (C=O) groups is 1. The molecule has 0 aromatic heterocycles. The molecule has 0 atom stereocenters. The molecule has 0 saturated heterocycles. The monoisotopic (exact) mass is 346 g/mol. The van der Waals surface area contributed by atoms with Gasteiger partial charge in [0, 0.05) is 29.7 Å². The van der Waals surface area contributed by atoms with Gasteiger partial charge in [-0.2, -0.15) is 0 Å². The van der Waals surface area contributed by atoms with Crippen molar-refractivity contribution >= 4 is 27.5 Å². The quantitative estimate of drug-likeness (QED) is 0.833. The zero-order valence-electron chi connectivity index (χ0n) is 12.0. The minimum atomic E-state index is 0.0562. The van der Waals surface area contributed by atoms with Gasteiger partial charge in [-0.15, -0.1) is 0 Å². The van der Waals surface area contributed by atoms with E-state index in [0.717, 1.165) is 15.7 Å². The van der Waals surface area contributed by atoms with Crippen molar-refractivity contribution in [1.29, 1.82) is 0 Å². The van der Waals surface area contributed by atoms with Gasteiger partial charge < -0.3 is 10.6 Å². The lowest BCUT2D eigenvalue weighted by atomic mass is 10.1. The maximum atomic E-state index is 11.8. The highest BCUT2D eigenvalue weighted by molar-refractivity contribution is 9.10. The fraction of sp³-hybridized carbons (Fsp3) is 0.235. The average Bonchev–Trinajstić information content (AvgIpc) is 2.46. The Hall–Kier alpha value is -1.81. The predicted molar refractivity (Wildman–Crippen MR) is 90.3 cm³/mol. The molecule has 0 spiro atoms. The van der Waals surface area contributed by atoms with Crippen LogP contribution in [0, 0.1) is 6.92 Å². The lowest BCUT2D eigenvalue weighted by Gasteiger charge is -2.09. The zero-order valence-corrected chi connectivity index (χ0v) is 13.6. The molecule has 2 N–H and O–H groups in total. The molecule has 0 aliphatic carbocycles. The third-order valence-corrected chi connectivity index (χ3v) is 3.74. The summed E-state index contributed by atoms with van der Waals surface area (Å²) >= 11 is 3.42. The second-order valence-corrected chi connectivity index (χ2v) is 5.81. The number of amides is 1. The average molecular weight is 347 g/mol. The zero-order chi connectivity index (χ0) is 15.1. The number of anilines is 1. The molecule has 0 saturated carbocycles. The molecule has 0 unspecified atom stereocenters. The molecule has 2 aromatic rings. The van der Waals surface area contributed by atoms with Crippen molar-refractivity contribution in [3.8, 4) is 0 Å². The van der Waals surface area contributed by atoms with Crippen LogP contribution in [0.1, 0.15) is 17.5 Å². The van der Waals surface area contributed by atoms with E-state index < -0.39 is 0 Å². The highest BCUT2D eigenvalue weighted by Crippen LogP contribution is 2.15. The first-order chi connectivity index (χ1) is 10.1. The lowest BCUT2D eigenvalue weighted by molar-refractivity contribution is -0.121. The van der Waals surface area contributed by atoms with E-state index in [4.69, 9.17) is 0 Å². The number of aryl methyl sites for hydroxylation is 1. The minimum Gasteiger partial charge on any atom is -0.384 e. The summed E-state index contributed by atoms with van der Waals surface area (Å²) in [7, 11) is 0. The van der Waals surface area contributed by atoms with Gasteiger partial charge in [-0.1, -0.05) is 46.3 Å². The fourth-order valence-corrected chi connectivity index (χ4v) is 2.41. The lowest BCUT2D eigenvalue weighted by Crippen LogP contribution is -2.25. The number of hydrogen-bond donors (Lipinski definition) is 2. The van der Waals surface area contributed by atoms with Crippen LogP contribution in [-0.4, -0.2) is 12.5 Å². The number of benzene rings is 2. The van der Waals surface area contributed by atoms with Crippen LogP contribution in [0.15, 0.2) is 53.0 Å². The summed E-state index contributed by atoms with van der Waals surface area (Å²) in [5.41, 5.74) is 3.37. The Morgan fingerprint density at radius 2 is 1.95 bits per heavy atom. The number of nitrogens with one attached hydrogen (secondary N) is 2. The van der Waals surface area contributed by atoms with Crippen molar-refractivity contribution in [3.63, 3.8) is 0 Å². The van der Waals surface area contributed by atoms with E-state index in [-0.39, 0.29) is 5.91 Å². The molecular weight excluding hydrogens is 328 g/mol. The van der Waals surface area contributed by atoms with E-state index in [1.54, 1.807) is 0 Å². The summed E-state index contributed by atoms with van der Waals surface area (Å²) in [6, 6.07) is 16.0. The molecule has 21 heavy (non-hydrogen) atoms. The van der Waals surface area contributed by atoms with Gasteiger partial charge in [0.1, 0.15) is 0 Å². The number of hydrogen-bond acceptors (Lipinski definition) is 2. The van der Waals surface area contributed by atoms with E-state index in [2.05, 4.69) is 39.6 Å². The Balaban J connectivity index is 1.72. The Morgan fingerprint density at radius 3 is 2.71 bits per heavy atom. The van der Waals surface area contributed by atoms with E-state index in [1.807, 2.05) is 42.5 Å². The standard InChI is InChI=1S/C17H19BrN2O/c1-13-5-2-3-6-14(13)12-20-17(21)9-10-19-16-8-4-7-15(18)11-16/h2-8,11,19H,9-10,12H2,1H3,(H,20,21). The SMILES string of the molecule is Cc1ccccc1CNC(=O)CCNc1cccc(Br)c1. The molecule has 0 radical (unpaired) electrons. The van der Waals surface area contributed by atoms with Crippen LogP contribution >= 0.6 is 15.9 Å². The van der Waals surface area contributed by atoms with Crippen molar-refractivity contribution < 1.29 is 4.79 Å². The van der Waals surface area contributed by atoms with Crippen LogP contribution in [0.2, 0.25) is 0 Å². The molecule has 0 aliphatic heterocycles. The fourth-order valence-electron chi connectivity index (χ4n) is 2.01. The summed E-state index contributed by atoms with van der Waals surface area (Å²) in [5.74, 6) is 0.0562. The molecule has 110 valence electrons. The molecule has 2 rings (SSSR count). The Labute approximate surface area is 133 Å². The summed E-state index contributed by atoms with van der Waals surface area (Å²) in [5, 5.41) is 6.18. The summed E-state index contributed by atoms with van der Waals surface area (Å²) in [4.78, 5) is 11.8. The van der Waals surface area contributed by atoms with E-state index in [1.165, 1.54) is 5.56 Å². The Morgan fingerprint density at radius 1 is 1.14 bits per heavy atom. The van der Waals surface area contributed by atoms with Crippen LogP contribution in [0.4, 0.5) is 5.69 Å². The first-order valence-corrected chi connectivity index (χ1v) is 7.75.